The van der Waals surface area contributed by atoms with Crippen LogP contribution < -0.4 is 4.74 Å². The Morgan fingerprint density at radius 3 is 2.40 bits per heavy atom. The molecule has 1 aromatic rings. The Bertz CT molecular complexity index is 377. The number of carbonyl (C=O) groups is 1. The molecule has 0 saturated carbocycles. The Balaban J connectivity index is 2.38. The summed E-state index contributed by atoms with van der Waals surface area (Å²) in [6.45, 7) is 5.84. The van der Waals surface area contributed by atoms with Gasteiger partial charge in [0.2, 0.25) is 0 Å². The van der Waals surface area contributed by atoms with Crippen LogP contribution in [0.25, 0.3) is 0 Å². The van der Waals surface area contributed by atoms with E-state index < -0.39 is 0 Å². The van der Waals surface area contributed by atoms with Crippen LogP contribution in [0.15, 0.2) is 30.3 Å². The third-order valence-electron chi connectivity index (χ3n) is 2.36. The van der Waals surface area contributed by atoms with E-state index in [1.165, 1.54) is 6.92 Å². The second-order valence-corrected chi connectivity index (χ2v) is 4.55. The second-order valence-electron chi connectivity index (χ2n) is 4.55. The number of hydrogen-bond acceptors (Lipinski definition) is 5. The van der Waals surface area contributed by atoms with E-state index in [1.54, 1.807) is 0 Å². The number of para-hydroxylation sites is 1. The third-order valence-corrected chi connectivity index (χ3v) is 2.36. The summed E-state index contributed by atoms with van der Waals surface area (Å²) in [6, 6.07) is 9.45. The number of hydrogen-bond donors (Lipinski definition) is 0. The van der Waals surface area contributed by atoms with Gasteiger partial charge >= 0.3 is 5.97 Å². The molecule has 0 amide bonds. The summed E-state index contributed by atoms with van der Waals surface area (Å²) in [5.41, 5.74) is 0. The molecule has 0 heterocycles. The van der Waals surface area contributed by atoms with Gasteiger partial charge in [-0.2, -0.15) is 0 Å². The first kappa shape index (κ1) is 16.5. The molecule has 0 aliphatic rings. The predicted octanol–water partition coefficient (Wildman–Crippen LogP) is 2.40. The van der Waals surface area contributed by atoms with Gasteiger partial charge in [0.15, 0.2) is 6.79 Å². The zero-order valence-corrected chi connectivity index (χ0v) is 12.2. The predicted molar refractivity (Wildman–Crippen MR) is 74.5 cm³/mol. The first-order chi connectivity index (χ1) is 9.58. The maximum Gasteiger partial charge on any atom is 0.304 e. The van der Waals surface area contributed by atoms with Gasteiger partial charge in [-0.25, -0.2) is 0 Å². The topological polar surface area (TPSA) is 54.0 Å². The van der Waals surface area contributed by atoms with Crippen LogP contribution in [0.5, 0.6) is 5.75 Å². The smallest absolute Gasteiger partial charge is 0.304 e. The monoisotopic (exact) mass is 282 g/mol. The Hall–Kier alpha value is -1.59. The summed E-state index contributed by atoms with van der Waals surface area (Å²) in [7, 11) is 0. The molecule has 112 valence electrons. The maximum atomic E-state index is 10.7. The average molecular weight is 282 g/mol. The van der Waals surface area contributed by atoms with Crippen LogP contribution in [0.4, 0.5) is 0 Å². The highest BCUT2D eigenvalue weighted by atomic mass is 16.7. The molecule has 1 aromatic carbocycles. The Labute approximate surface area is 119 Å². The largest absolute Gasteiger partial charge is 0.491 e. The molecule has 0 bridgehead atoms. The minimum Gasteiger partial charge on any atom is -0.491 e. The Morgan fingerprint density at radius 1 is 1.10 bits per heavy atom. The third kappa shape index (κ3) is 7.76. The fraction of sp³-hybridized carbons (Fsp3) is 0.533. The highest BCUT2D eigenvalue weighted by Gasteiger charge is 2.12. The molecule has 0 N–H and O–H groups in total. The highest BCUT2D eigenvalue weighted by molar-refractivity contribution is 5.65. The Morgan fingerprint density at radius 2 is 1.80 bits per heavy atom. The van der Waals surface area contributed by atoms with Gasteiger partial charge in [0.1, 0.15) is 18.5 Å². The minimum atomic E-state index is -0.377. The van der Waals surface area contributed by atoms with Gasteiger partial charge in [-0.3, -0.25) is 4.79 Å². The van der Waals surface area contributed by atoms with Crippen LogP contribution in [0.2, 0.25) is 0 Å². The molecule has 0 aromatic heterocycles. The van der Waals surface area contributed by atoms with Gasteiger partial charge in [-0.05, 0) is 26.0 Å². The van der Waals surface area contributed by atoms with Crippen molar-refractivity contribution in [2.75, 3.05) is 20.0 Å². The van der Waals surface area contributed by atoms with Crippen molar-refractivity contribution in [1.82, 2.24) is 0 Å². The van der Waals surface area contributed by atoms with Crippen molar-refractivity contribution >= 4 is 5.97 Å². The van der Waals surface area contributed by atoms with E-state index in [2.05, 4.69) is 0 Å². The summed E-state index contributed by atoms with van der Waals surface area (Å²) in [5.74, 6) is 0.385. The summed E-state index contributed by atoms with van der Waals surface area (Å²) in [6.07, 6.45) is -0.191. The number of esters is 1. The fourth-order valence-electron chi connectivity index (χ4n) is 1.36. The molecule has 1 rings (SSSR count). The van der Waals surface area contributed by atoms with Gasteiger partial charge in [0.25, 0.3) is 0 Å². The number of carbonyl (C=O) groups excluding carboxylic acids is 1. The van der Waals surface area contributed by atoms with Crippen molar-refractivity contribution in [3.05, 3.63) is 30.3 Å². The van der Waals surface area contributed by atoms with Crippen molar-refractivity contribution in [1.29, 1.82) is 0 Å². The zero-order valence-electron chi connectivity index (χ0n) is 12.2. The highest BCUT2D eigenvalue weighted by Crippen LogP contribution is 2.09. The van der Waals surface area contributed by atoms with E-state index in [4.69, 9.17) is 18.9 Å². The molecule has 0 aliphatic carbocycles. The molecule has 0 saturated heterocycles. The van der Waals surface area contributed by atoms with Gasteiger partial charge in [0.05, 0.1) is 12.7 Å². The van der Waals surface area contributed by atoms with Crippen LogP contribution in [0, 0.1) is 0 Å². The van der Waals surface area contributed by atoms with Crippen LogP contribution in [0.3, 0.4) is 0 Å². The van der Waals surface area contributed by atoms with Crippen molar-refractivity contribution in [3.63, 3.8) is 0 Å². The summed E-state index contributed by atoms with van der Waals surface area (Å²) in [5, 5.41) is 0. The molecular formula is C15H22O5. The summed E-state index contributed by atoms with van der Waals surface area (Å²) in [4.78, 5) is 10.7. The maximum absolute atomic E-state index is 10.7. The normalized spacial score (nSPS) is 12.2. The van der Waals surface area contributed by atoms with Gasteiger partial charge in [-0.15, -0.1) is 0 Å². The van der Waals surface area contributed by atoms with E-state index >= 15 is 0 Å². The van der Waals surface area contributed by atoms with Crippen molar-refractivity contribution in [3.8, 4) is 5.75 Å². The first-order valence-electron chi connectivity index (χ1n) is 6.62. The minimum absolute atomic E-state index is 0.0976. The SMILES string of the molecule is CC(=O)OCOC(COc1ccccc1)COC(C)C. The molecule has 20 heavy (non-hydrogen) atoms. The van der Waals surface area contributed by atoms with E-state index in [0.717, 1.165) is 5.75 Å². The second kappa shape index (κ2) is 9.34. The molecule has 0 radical (unpaired) electrons. The fourth-order valence-corrected chi connectivity index (χ4v) is 1.36. The van der Waals surface area contributed by atoms with E-state index in [1.807, 2.05) is 44.2 Å². The van der Waals surface area contributed by atoms with Crippen molar-refractivity contribution in [2.24, 2.45) is 0 Å². The van der Waals surface area contributed by atoms with Crippen molar-refractivity contribution in [2.45, 2.75) is 33.0 Å². The van der Waals surface area contributed by atoms with Crippen LogP contribution in [0.1, 0.15) is 20.8 Å². The molecule has 5 nitrogen and oxygen atoms in total. The molecular weight excluding hydrogens is 260 g/mol. The van der Waals surface area contributed by atoms with E-state index in [0.29, 0.717) is 13.2 Å². The van der Waals surface area contributed by atoms with Crippen LogP contribution >= 0.6 is 0 Å². The molecule has 1 unspecified atom stereocenters. The molecule has 5 heteroatoms. The molecule has 1 atom stereocenters. The van der Waals surface area contributed by atoms with Gasteiger partial charge < -0.3 is 18.9 Å². The number of rotatable bonds is 9. The van der Waals surface area contributed by atoms with Crippen LogP contribution in [-0.4, -0.2) is 38.2 Å². The average Bonchev–Trinajstić information content (AvgIpc) is 2.42. The summed E-state index contributed by atoms with van der Waals surface area (Å²) >= 11 is 0. The van der Waals surface area contributed by atoms with E-state index in [9.17, 15) is 4.79 Å². The summed E-state index contributed by atoms with van der Waals surface area (Å²) < 4.78 is 21.3. The lowest BCUT2D eigenvalue weighted by molar-refractivity contribution is -0.164. The lowest BCUT2D eigenvalue weighted by atomic mass is 10.3. The molecule has 0 aliphatic heterocycles. The number of benzene rings is 1. The standard InChI is InChI=1S/C15H22O5/c1-12(2)17-9-15(20-11-19-13(3)16)10-18-14-7-5-4-6-8-14/h4-8,12,15H,9-11H2,1-3H3. The van der Waals surface area contributed by atoms with Gasteiger partial charge in [0, 0.05) is 6.92 Å². The zero-order chi connectivity index (χ0) is 14.8. The quantitative estimate of drug-likeness (QED) is 0.514. The Kier molecular flexibility index (Phi) is 7.69. The molecule has 0 spiro atoms. The lowest BCUT2D eigenvalue weighted by Crippen LogP contribution is -2.29. The molecule has 0 fully saturated rings. The number of ether oxygens (including phenoxy) is 4. The van der Waals surface area contributed by atoms with E-state index in [-0.39, 0.29) is 25.0 Å². The van der Waals surface area contributed by atoms with Crippen LogP contribution in [-0.2, 0) is 19.0 Å². The lowest BCUT2D eigenvalue weighted by Gasteiger charge is -2.19. The van der Waals surface area contributed by atoms with Crippen molar-refractivity contribution < 1.29 is 23.7 Å². The first-order valence-corrected chi connectivity index (χ1v) is 6.62. The van der Waals surface area contributed by atoms with Gasteiger partial charge in [-0.1, -0.05) is 18.2 Å².